The van der Waals surface area contributed by atoms with E-state index in [2.05, 4.69) is 5.32 Å². The Labute approximate surface area is 128 Å². The largest absolute Gasteiger partial charge is 0.354 e. The molecular weight excluding hydrogens is 260 g/mol. The summed E-state index contributed by atoms with van der Waals surface area (Å²) < 4.78 is 0. The summed E-state index contributed by atoms with van der Waals surface area (Å²) in [5.41, 5.74) is 7.13. The summed E-state index contributed by atoms with van der Waals surface area (Å²) >= 11 is 0. The van der Waals surface area contributed by atoms with Gasteiger partial charge in [-0.1, -0.05) is 62.4 Å². The molecule has 0 bridgehead atoms. The van der Waals surface area contributed by atoms with Crippen LogP contribution in [0.2, 0.25) is 0 Å². The van der Waals surface area contributed by atoms with Crippen LogP contribution in [0.25, 0.3) is 0 Å². The lowest BCUT2D eigenvalue weighted by atomic mass is 9.91. The van der Waals surface area contributed by atoms with Gasteiger partial charge in [-0.15, -0.1) is 0 Å². The summed E-state index contributed by atoms with van der Waals surface area (Å²) in [6.07, 6.45) is 9.77. The molecule has 1 aliphatic rings. The molecule has 2 rings (SSSR count). The number of benzene rings is 1. The fraction of sp³-hybridized carbons (Fsp3) is 0.611. The highest BCUT2D eigenvalue weighted by molar-refractivity contribution is 5.81. The minimum atomic E-state index is -0.444. The molecule has 1 atom stereocenters. The van der Waals surface area contributed by atoms with Crippen molar-refractivity contribution in [3.05, 3.63) is 35.9 Å². The lowest BCUT2D eigenvalue weighted by Gasteiger charge is -2.21. The molecule has 0 radical (unpaired) electrons. The lowest BCUT2D eigenvalue weighted by molar-refractivity contribution is -0.122. The Morgan fingerprint density at radius 1 is 1.10 bits per heavy atom. The minimum Gasteiger partial charge on any atom is -0.354 e. The van der Waals surface area contributed by atoms with Crippen molar-refractivity contribution < 1.29 is 4.79 Å². The highest BCUT2D eigenvalue weighted by Gasteiger charge is 2.16. The van der Waals surface area contributed by atoms with Gasteiger partial charge in [0.2, 0.25) is 5.91 Å². The topological polar surface area (TPSA) is 55.1 Å². The maximum absolute atomic E-state index is 12.1. The second-order valence-electron chi connectivity index (χ2n) is 6.25. The Morgan fingerprint density at radius 2 is 1.71 bits per heavy atom. The molecular formula is C18H28N2O. The SMILES string of the molecule is N[C@@H](Cc1ccccc1)C(=O)NCC1CCCCCCC1. The van der Waals surface area contributed by atoms with Crippen LogP contribution in [-0.2, 0) is 11.2 Å². The van der Waals surface area contributed by atoms with Crippen LogP contribution in [0.15, 0.2) is 30.3 Å². The zero-order valence-electron chi connectivity index (χ0n) is 12.9. The van der Waals surface area contributed by atoms with Gasteiger partial charge in [0, 0.05) is 6.54 Å². The van der Waals surface area contributed by atoms with E-state index in [1.54, 1.807) is 0 Å². The van der Waals surface area contributed by atoms with Gasteiger partial charge < -0.3 is 11.1 Å². The van der Waals surface area contributed by atoms with Gasteiger partial charge in [-0.2, -0.15) is 0 Å². The Bertz CT molecular complexity index is 410. The number of hydrogen-bond acceptors (Lipinski definition) is 2. The van der Waals surface area contributed by atoms with E-state index in [0.717, 1.165) is 12.1 Å². The van der Waals surface area contributed by atoms with E-state index in [1.807, 2.05) is 30.3 Å². The van der Waals surface area contributed by atoms with Crippen LogP contribution in [0.5, 0.6) is 0 Å². The van der Waals surface area contributed by atoms with Crippen molar-refractivity contribution in [1.82, 2.24) is 5.32 Å². The average Bonchev–Trinajstić information content (AvgIpc) is 2.47. The minimum absolute atomic E-state index is 0.0130. The molecule has 3 heteroatoms. The monoisotopic (exact) mass is 288 g/mol. The molecule has 3 nitrogen and oxygen atoms in total. The van der Waals surface area contributed by atoms with Crippen molar-refractivity contribution in [2.24, 2.45) is 11.7 Å². The standard InChI is InChI=1S/C18H28N2O/c19-17(13-15-9-7-4-8-10-15)18(21)20-14-16-11-5-2-1-3-6-12-16/h4,7-10,16-17H,1-3,5-6,11-14,19H2,(H,20,21)/t17-/m0/s1. The van der Waals surface area contributed by atoms with Crippen molar-refractivity contribution >= 4 is 5.91 Å². The molecule has 1 fully saturated rings. The average molecular weight is 288 g/mol. The van der Waals surface area contributed by atoms with E-state index in [-0.39, 0.29) is 5.91 Å². The van der Waals surface area contributed by atoms with Crippen LogP contribution < -0.4 is 11.1 Å². The number of nitrogens with two attached hydrogens (primary N) is 1. The van der Waals surface area contributed by atoms with E-state index in [0.29, 0.717) is 12.3 Å². The van der Waals surface area contributed by atoms with Crippen molar-refractivity contribution in [1.29, 1.82) is 0 Å². The van der Waals surface area contributed by atoms with Crippen LogP contribution in [0.1, 0.15) is 50.5 Å². The first kappa shape index (κ1) is 16.0. The second-order valence-corrected chi connectivity index (χ2v) is 6.25. The molecule has 0 heterocycles. The van der Waals surface area contributed by atoms with Crippen LogP contribution in [-0.4, -0.2) is 18.5 Å². The Kier molecular flexibility index (Phi) is 6.74. The molecule has 21 heavy (non-hydrogen) atoms. The van der Waals surface area contributed by atoms with Crippen LogP contribution in [0.3, 0.4) is 0 Å². The van der Waals surface area contributed by atoms with E-state index >= 15 is 0 Å². The summed E-state index contributed by atoms with van der Waals surface area (Å²) in [4.78, 5) is 12.1. The molecule has 116 valence electrons. The first-order valence-electron chi connectivity index (χ1n) is 8.33. The molecule has 0 aromatic heterocycles. The second kappa shape index (κ2) is 8.83. The summed E-state index contributed by atoms with van der Waals surface area (Å²) in [5.74, 6) is 0.624. The molecule has 1 aromatic rings. The molecule has 3 N–H and O–H groups in total. The van der Waals surface area contributed by atoms with E-state index in [4.69, 9.17) is 5.73 Å². The van der Waals surface area contributed by atoms with Gasteiger partial charge in [-0.3, -0.25) is 4.79 Å². The number of amides is 1. The Balaban J connectivity index is 1.72. The molecule has 1 amide bonds. The normalized spacial score (nSPS) is 18.5. The summed E-state index contributed by atoms with van der Waals surface area (Å²) in [6.45, 7) is 0.793. The quantitative estimate of drug-likeness (QED) is 0.875. The third-order valence-electron chi connectivity index (χ3n) is 4.42. The van der Waals surface area contributed by atoms with Crippen LogP contribution in [0, 0.1) is 5.92 Å². The Morgan fingerprint density at radius 3 is 2.38 bits per heavy atom. The maximum Gasteiger partial charge on any atom is 0.237 e. The van der Waals surface area contributed by atoms with Gasteiger partial charge in [0.25, 0.3) is 0 Å². The van der Waals surface area contributed by atoms with E-state index < -0.39 is 6.04 Å². The molecule has 0 spiro atoms. The van der Waals surface area contributed by atoms with Gasteiger partial charge in [0.15, 0.2) is 0 Å². The van der Waals surface area contributed by atoms with Crippen molar-refractivity contribution in [2.75, 3.05) is 6.54 Å². The van der Waals surface area contributed by atoms with Crippen molar-refractivity contribution in [2.45, 2.75) is 57.4 Å². The van der Waals surface area contributed by atoms with Gasteiger partial charge in [-0.25, -0.2) is 0 Å². The van der Waals surface area contributed by atoms with Crippen LogP contribution in [0.4, 0.5) is 0 Å². The lowest BCUT2D eigenvalue weighted by Crippen LogP contribution is -2.43. The third kappa shape index (κ3) is 5.88. The fourth-order valence-corrected chi connectivity index (χ4v) is 3.08. The predicted molar refractivity (Wildman–Crippen MR) is 86.9 cm³/mol. The van der Waals surface area contributed by atoms with Gasteiger partial charge in [-0.05, 0) is 30.7 Å². The van der Waals surface area contributed by atoms with Gasteiger partial charge in [0.1, 0.15) is 0 Å². The van der Waals surface area contributed by atoms with E-state index in [1.165, 1.54) is 44.9 Å². The highest BCUT2D eigenvalue weighted by Crippen LogP contribution is 2.21. The Hall–Kier alpha value is -1.35. The highest BCUT2D eigenvalue weighted by atomic mass is 16.2. The molecule has 0 unspecified atom stereocenters. The molecule has 0 aliphatic heterocycles. The molecule has 1 aliphatic carbocycles. The summed E-state index contributed by atoms with van der Waals surface area (Å²) in [6, 6.07) is 9.53. The smallest absolute Gasteiger partial charge is 0.237 e. The number of rotatable bonds is 5. The van der Waals surface area contributed by atoms with Crippen LogP contribution >= 0.6 is 0 Å². The zero-order valence-corrected chi connectivity index (χ0v) is 12.9. The third-order valence-corrected chi connectivity index (χ3v) is 4.42. The first-order valence-corrected chi connectivity index (χ1v) is 8.33. The van der Waals surface area contributed by atoms with Gasteiger partial charge >= 0.3 is 0 Å². The summed E-state index contributed by atoms with van der Waals surface area (Å²) in [5, 5.41) is 3.06. The molecule has 0 saturated heterocycles. The summed E-state index contributed by atoms with van der Waals surface area (Å²) in [7, 11) is 0. The number of carbonyl (C=O) groups excluding carboxylic acids is 1. The number of carbonyl (C=O) groups is 1. The predicted octanol–water partition coefficient (Wildman–Crippen LogP) is 3.03. The maximum atomic E-state index is 12.1. The van der Waals surface area contributed by atoms with Crippen molar-refractivity contribution in [3.63, 3.8) is 0 Å². The van der Waals surface area contributed by atoms with Crippen molar-refractivity contribution in [3.8, 4) is 0 Å². The molecule has 1 saturated carbocycles. The van der Waals surface area contributed by atoms with E-state index in [9.17, 15) is 4.79 Å². The fourth-order valence-electron chi connectivity index (χ4n) is 3.08. The zero-order chi connectivity index (χ0) is 14.9. The number of hydrogen-bond donors (Lipinski definition) is 2. The first-order chi connectivity index (χ1) is 10.3. The van der Waals surface area contributed by atoms with Gasteiger partial charge in [0.05, 0.1) is 6.04 Å². The number of nitrogens with one attached hydrogen (secondary N) is 1. The molecule has 1 aromatic carbocycles.